The number of ketones is 2. The zero-order chi connectivity index (χ0) is 31.2. The van der Waals surface area contributed by atoms with E-state index in [2.05, 4.69) is 0 Å². The van der Waals surface area contributed by atoms with Gasteiger partial charge in [0.2, 0.25) is 11.6 Å². The lowest BCUT2D eigenvalue weighted by molar-refractivity contribution is -0.150. The molecule has 16 nitrogen and oxygen atoms in total. The van der Waals surface area contributed by atoms with Crippen LogP contribution in [0.5, 0.6) is 0 Å². The number of carbonyl (C=O) groups is 8. The fourth-order valence-electron chi connectivity index (χ4n) is 1.62. The van der Waals surface area contributed by atoms with E-state index in [0.717, 1.165) is 6.42 Å². The predicted octanol–water partition coefficient (Wildman–Crippen LogP) is -0.101. The monoisotopic (exact) mass is 554 g/mol. The van der Waals surface area contributed by atoms with Gasteiger partial charge in [-0.1, -0.05) is 34.1 Å². The molecule has 0 spiro atoms. The quantitative estimate of drug-likeness (QED) is 0.130. The second-order valence-electron chi connectivity index (χ2n) is 7.73. The van der Waals surface area contributed by atoms with E-state index in [9.17, 15) is 38.4 Å². The van der Waals surface area contributed by atoms with E-state index >= 15 is 0 Å². The van der Waals surface area contributed by atoms with Crippen LogP contribution in [0.3, 0.4) is 0 Å². The van der Waals surface area contributed by atoms with E-state index in [0.29, 0.717) is 6.42 Å². The third-order valence-corrected chi connectivity index (χ3v) is 4.60. The van der Waals surface area contributed by atoms with Gasteiger partial charge in [0, 0.05) is 18.8 Å². The second kappa shape index (κ2) is 23.5. The first-order valence-electron chi connectivity index (χ1n) is 11.2. The minimum Gasteiger partial charge on any atom is -0.481 e. The lowest BCUT2D eigenvalue weighted by Crippen LogP contribution is -2.36. The van der Waals surface area contributed by atoms with Crippen molar-refractivity contribution >= 4 is 47.4 Å². The van der Waals surface area contributed by atoms with Crippen molar-refractivity contribution < 1.29 is 69.0 Å². The van der Waals surface area contributed by atoms with Gasteiger partial charge in [-0.25, -0.2) is 9.59 Å². The van der Waals surface area contributed by atoms with Crippen molar-refractivity contribution in [3.8, 4) is 0 Å². The predicted molar refractivity (Wildman–Crippen MR) is 129 cm³/mol. The number of aliphatic carboxylic acids is 6. The highest BCUT2D eigenvalue weighted by Gasteiger charge is 2.18. The molecule has 38 heavy (non-hydrogen) atoms. The number of carboxylic acids is 6. The molecule has 0 heterocycles. The Labute approximate surface area is 218 Å². The molecule has 0 saturated heterocycles. The van der Waals surface area contributed by atoms with Crippen LogP contribution in [0.1, 0.15) is 66.2 Å². The number of carboxylic acid groups (broad SMARTS) is 6. The van der Waals surface area contributed by atoms with Crippen molar-refractivity contribution in [3.05, 3.63) is 0 Å². The van der Waals surface area contributed by atoms with Crippen LogP contribution in [0.15, 0.2) is 0 Å². The summed E-state index contributed by atoms with van der Waals surface area (Å²) in [7, 11) is 0. The Bertz CT molecular complexity index is 812. The summed E-state index contributed by atoms with van der Waals surface area (Å²) in [6, 6.07) is -1.76. The van der Waals surface area contributed by atoms with Crippen LogP contribution >= 0.6 is 0 Å². The summed E-state index contributed by atoms with van der Waals surface area (Å²) in [5.41, 5.74) is 10.3. The Kier molecular flexibility index (Phi) is 25.5. The fraction of sp³-hybridized carbons (Fsp3) is 0.636. The van der Waals surface area contributed by atoms with Crippen LogP contribution in [-0.2, 0) is 38.4 Å². The summed E-state index contributed by atoms with van der Waals surface area (Å²) >= 11 is 0. The Balaban J connectivity index is -0.000000203. The van der Waals surface area contributed by atoms with Crippen LogP contribution in [0.4, 0.5) is 0 Å². The van der Waals surface area contributed by atoms with E-state index in [1.807, 2.05) is 13.8 Å². The average molecular weight is 555 g/mol. The van der Waals surface area contributed by atoms with Crippen molar-refractivity contribution in [2.45, 2.75) is 78.3 Å². The smallest absolute Gasteiger partial charge is 0.372 e. The molecule has 0 aliphatic rings. The highest BCUT2D eigenvalue weighted by molar-refractivity contribution is 6.33. The van der Waals surface area contributed by atoms with E-state index in [-0.39, 0.29) is 24.7 Å². The third-order valence-electron chi connectivity index (χ3n) is 4.60. The number of hydrogen-bond acceptors (Lipinski definition) is 10. The molecule has 0 rings (SSSR count). The number of nitrogens with two attached hydrogens (primary N) is 2. The van der Waals surface area contributed by atoms with Gasteiger partial charge in [0.05, 0.1) is 6.42 Å². The first-order valence-corrected chi connectivity index (χ1v) is 11.2. The molecule has 1 unspecified atom stereocenters. The van der Waals surface area contributed by atoms with Crippen LogP contribution < -0.4 is 11.5 Å². The van der Waals surface area contributed by atoms with Crippen molar-refractivity contribution in [1.82, 2.24) is 0 Å². The number of rotatable bonds is 14. The second-order valence-corrected chi connectivity index (χ2v) is 7.73. The van der Waals surface area contributed by atoms with Gasteiger partial charge in [0.25, 0.3) is 0 Å². The van der Waals surface area contributed by atoms with Crippen molar-refractivity contribution in [2.24, 2.45) is 23.3 Å². The maximum Gasteiger partial charge on any atom is 0.372 e. The van der Waals surface area contributed by atoms with Gasteiger partial charge in [-0.05, 0) is 18.8 Å². The molecule has 0 aliphatic carbocycles. The summed E-state index contributed by atoms with van der Waals surface area (Å²) in [6.07, 6.45) is 0.312. The van der Waals surface area contributed by atoms with Crippen LogP contribution in [-0.4, -0.2) is 90.1 Å². The molecule has 0 aromatic rings. The van der Waals surface area contributed by atoms with E-state index < -0.39 is 72.3 Å². The Hall–Kier alpha value is -3.92. The molecule has 0 saturated carbocycles. The summed E-state index contributed by atoms with van der Waals surface area (Å²) in [4.78, 5) is 80.2. The molecule has 0 radical (unpaired) electrons. The molecule has 4 atom stereocenters. The first-order chi connectivity index (χ1) is 17.3. The van der Waals surface area contributed by atoms with Crippen LogP contribution in [0, 0.1) is 11.8 Å². The minimum absolute atomic E-state index is 0.0231. The maximum absolute atomic E-state index is 10.5. The highest BCUT2D eigenvalue weighted by atomic mass is 16.4. The van der Waals surface area contributed by atoms with Crippen LogP contribution in [0.2, 0.25) is 0 Å². The summed E-state index contributed by atoms with van der Waals surface area (Å²) in [5.74, 6) is -9.23. The van der Waals surface area contributed by atoms with Crippen molar-refractivity contribution in [3.63, 3.8) is 0 Å². The Morgan fingerprint density at radius 1 is 0.632 bits per heavy atom. The van der Waals surface area contributed by atoms with E-state index in [4.69, 9.17) is 42.1 Å². The normalized spacial score (nSPS) is 12.6. The average Bonchev–Trinajstić information content (AvgIpc) is 2.84. The van der Waals surface area contributed by atoms with Gasteiger partial charge in [-0.15, -0.1) is 0 Å². The standard InChI is InChI=1S/C6H13NO2.C6H10O3.C5H9NO4.C5H6O5/c2*1-3-4(2)5(7)6(8)9;2*6-3(5(9)10)1-2-4(7)8/h4-5H,3,7H2,1-2H3,(H,8,9);4H,3H2,1-2H3,(H,8,9);3H,1-2,6H2,(H,7,8)(H,9,10);1-2H2,(H,7,8)(H,9,10)/t4-,5-;4-;;/m00../s1. The molecule has 16 heteroatoms. The summed E-state index contributed by atoms with van der Waals surface area (Å²) in [5, 5.41) is 48.7. The molecule has 0 aliphatic heterocycles. The molecular weight excluding hydrogens is 516 g/mol. The number of carbonyl (C=O) groups excluding carboxylic acids is 2. The molecular formula is C22H38N2O14. The molecule has 220 valence electrons. The minimum atomic E-state index is -1.58. The molecule has 0 bridgehead atoms. The van der Waals surface area contributed by atoms with E-state index in [1.54, 1.807) is 13.8 Å². The molecule has 0 amide bonds. The summed E-state index contributed by atoms with van der Waals surface area (Å²) < 4.78 is 0. The molecule has 0 fully saturated rings. The van der Waals surface area contributed by atoms with Gasteiger partial charge in [-0.3, -0.25) is 28.8 Å². The van der Waals surface area contributed by atoms with E-state index in [1.165, 1.54) is 0 Å². The lowest BCUT2D eigenvalue weighted by Gasteiger charge is -2.11. The highest BCUT2D eigenvalue weighted by Crippen LogP contribution is 2.04. The van der Waals surface area contributed by atoms with Gasteiger partial charge >= 0.3 is 35.8 Å². The fourth-order valence-corrected chi connectivity index (χ4v) is 1.62. The molecule has 0 aromatic carbocycles. The third kappa shape index (κ3) is 26.7. The summed E-state index contributed by atoms with van der Waals surface area (Å²) in [6.45, 7) is 7.15. The largest absolute Gasteiger partial charge is 0.481 e. The Morgan fingerprint density at radius 2 is 1.08 bits per heavy atom. The lowest BCUT2D eigenvalue weighted by atomic mass is 10.0. The zero-order valence-electron chi connectivity index (χ0n) is 21.7. The Morgan fingerprint density at radius 3 is 1.29 bits per heavy atom. The number of Topliss-reactive ketones (excluding diaryl/α,β-unsaturated/α-hetero) is 2. The number of hydrogen-bond donors (Lipinski definition) is 8. The first kappa shape index (κ1) is 41.2. The van der Waals surface area contributed by atoms with Gasteiger partial charge in [0.15, 0.2) is 0 Å². The van der Waals surface area contributed by atoms with Crippen molar-refractivity contribution in [1.29, 1.82) is 0 Å². The SMILES string of the molecule is CC[C@H](C)C(=O)C(=O)O.CC[C@H](C)[C@H](N)C(=O)O.NC(CCC(=O)O)C(=O)O.O=C(O)CCC(=O)C(=O)O. The van der Waals surface area contributed by atoms with Crippen molar-refractivity contribution in [2.75, 3.05) is 0 Å². The molecule has 0 aromatic heterocycles. The van der Waals surface area contributed by atoms with Gasteiger partial charge < -0.3 is 42.1 Å². The van der Waals surface area contributed by atoms with Gasteiger partial charge in [-0.2, -0.15) is 0 Å². The topological polar surface area (TPSA) is 310 Å². The molecule has 10 N–H and O–H groups in total. The van der Waals surface area contributed by atoms with Crippen LogP contribution in [0.25, 0.3) is 0 Å². The van der Waals surface area contributed by atoms with Gasteiger partial charge in [0.1, 0.15) is 12.1 Å². The maximum atomic E-state index is 10.5. The zero-order valence-corrected chi connectivity index (χ0v) is 21.7.